The molecule has 2 heterocycles. The van der Waals surface area contributed by atoms with Crippen LogP contribution in [0, 0.1) is 0 Å². The van der Waals surface area contributed by atoms with E-state index < -0.39 is 0 Å². The van der Waals surface area contributed by atoms with Gasteiger partial charge in [0.25, 0.3) is 5.56 Å². The van der Waals surface area contributed by atoms with Gasteiger partial charge in [-0.05, 0) is 31.5 Å². The molecule has 0 aliphatic heterocycles. The fraction of sp³-hybridized carbons (Fsp3) is 0.385. The Bertz CT molecular complexity index is 1380. The van der Waals surface area contributed by atoms with E-state index in [4.69, 9.17) is 4.74 Å². The van der Waals surface area contributed by atoms with Crippen LogP contribution in [0.3, 0.4) is 0 Å². The lowest BCUT2D eigenvalue weighted by atomic mass is 10.1. The second-order valence-electron chi connectivity index (χ2n) is 8.59. The summed E-state index contributed by atoms with van der Waals surface area (Å²) in [6.45, 7) is 4.49. The van der Waals surface area contributed by atoms with Crippen molar-refractivity contribution in [2.45, 2.75) is 57.3 Å². The predicted octanol–water partition coefficient (Wildman–Crippen LogP) is 4.28. The highest BCUT2D eigenvalue weighted by atomic mass is 32.2. The van der Waals surface area contributed by atoms with Crippen LogP contribution in [0.4, 0.5) is 0 Å². The van der Waals surface area contributed by atoms with Crippen molar-refractivity contribution in [1.82, 2.24) is 24.5 Å². The van der Waals surface area contributed by atoms with Crippen molar-refractivity contribution in [1.29, 1.82) is 0 Å². The van der Waals surface area contributed by atoms with Crippen molar-refractivity contribution in [3.8, 4) is 5.75 Å². The summed E-state index contributed by atoms with van der Waals surface area (Å²) in [5.41, 5.74) is 1.43. The van der Waals surface area contributed by atoms with Crippen LogP contribution in [-0.4, -0.2) is 44.0 Å². The molecule has 0 bridgehead atoms. The highest BCUT2D eigenvalue weighted by Gasteiger charge is 2.19. The van der Waals surface area contributed by atoms with Crippen molar-refractivity contribution in [3.05, 3.63) is 64.4 Å². The van der Waals surface area contributed by atoms with Crippen molar-refractivity contribution in [2.75, 3.05) is 12.9 Å². The Morgan fingerprint density at radius 1 is 1.11 bits per heavy atom. The normalized spacial score (nSPS) is 12.2. The number of amides is 1. The van der Waals surface area contributed by atoms with E-state index in [0.29, 0.717) is 27.6 Å². The third kappa shape index (κ3) is 5.51. The summed E-state index contributed by atoms with van der Waals surface area (Å²) in [6, 6.07) is 15.1. The van der Waals surface area contributed by atoms with Crippen molar-refractivity contribution in [2.24, 2.45) is 0 Å². The summed E-state index contributed by atoms with van der Waals surface area (Å²) in [4.78, 5) is 26.0. The van der Waals surface area contributed by atoms with Gasteiger partial charge in [0.15, 0.2) is 5.16 Å². The SMILES string of the molecule is CCCCCC(C)NC(=O)CSc1nnc2n(Cc3ccccc3OC)c(=O)c3ccccc3n12. The molecule has 1 atom stereocenters. The summed E-state index contributed by atoms with van der Waals surface area (Å²) >= 11 is 1.32. The molecular formula is C26H31N5O3S. The lowest BCUT2D eigenvalue weighted by Gasteiger charge is -2.14. The number of hydrogen-bond donors (Lipinski definition) is 1. The minimum atomic E-state index is -0.151. The van der Waals surface area contributed by atoms with Crippen LogP contribution < -0.4 is 15.6 Å². The number of thioether (sulfide) groups is 1. The van der Waals surface area contributed by atoms with E-state index in [1.807, 2.05) is 53.8 Å². The number of para-hydroxylation sites is 2. The zero-order chi connectivity index (χ0) is 24.8. The number of nitrogens with one attached hydrogen (secondary N) is 1. The van der Waals surface area contributed by atoms with Crippen LogP contribution >= 0.6 is 11.8 Å². The Morgan fingerprint density at radius 2 is 1.89 bits per heavy atom. The standard InChI is InChI=1S/C26H31N5O3S/c1-4-5-6-11-18(2)27-23(32)17-35-26-29-28-25-30(16-19-12-7-10-15-22(19)34-3)24(33)20-13-8-9-14-21(20)31(25)26/h7-10,12-15,18H,4-6,11,16-17H2,1-3H3,(H,27,32). The predicted molar refractivity (Wildman–Crippen MR) is 139 cm³/mol. The van der Waals surface area contributed by atoms with Crippen LogP contribution in [0.1, 0.15) is 45.1 Å². The molecular weight excluding hydrogens is 462 g/mol. The van der Waals surface area contributed by atoms with Crippen molar-refractivity contribution < 1.29 is 9.53 Å². The molecule has 184 valence electrons. The largest absolute Gasteiger partial charge is 0.496 e. The fourth-order valence-corrected chi connectivity index (χ4v) is 4.94. The van der Waals surface area contributed by atoms with Gasteiger partial charge >= 0.3 is 0 Å². The third-order valence-corrected chi connectivity index (χ3v) is 6.91. The first-order valence-electron chi connectivity index (χ1n) is 11.9. The quantitative estimate of drug-likeness (QED) is 0.248. The van der Waals surface area contributed by atoms with E-state index in [-0.39, 0.29) is 29.8 Å². The number of nitrogens with zero attached hydrogens (tertiary/aromatic N) is 4. The first kappa shape index (κ1) is 24.8. The number of fused-ring (bicyclic) bond motifs is 3. The zero-order valence-corrected chi connectivity index (χ0v) is 21.2. The molecule has 0 spiro atoms. The van der Waals surface area contributed by atoms with E-state index >= 15 is 0 Å². The lowest BCUT2D eigenvalue weighted by molar-refractivity contribution is -0.119. The van der Waals surface area contributed by atoms with Gasteiger partial charge in [-0.1, -0.05) is 68.3 Å². The molecule has 8 nitrogen and oxygen atoms in total. The topological polar surface area (TPSA) is 90.5 Å². The first-order chi connectivity index (χ1) is 17.0. The fourth-order valence-electron chi connectivity index (χ4n) is 4.19. The molecule has 1 unspecified atom stereocenters. The Labute approximate surface area is 208 Å². The van der Waals surface area contributed by atoms with Gasteiger partial charge in [0.2, 0.25) is 11.7 Å². The zero-order valence-electron chi connectivity index (χ0n) is 20.4. The minimum absolute atomic E-state index is 0.0394. The molecule has 4 rings (SSSR count). The number of aromatic nitrogens is 4. The summed E-state index contributed by atoms with van der Waals surface area (Å²) in [6.07, 6.45) is 4.41. The van der Waals surface area contributed by atoms with E-state index in [0.717, 1.165) is 24.8 Å². The van der Waals surface area contributed by atoms with E-state index in [1.165, 1.54) is 18.2 Å². The molecule has 0 fully saturated rings. The number of carbonyl (C=O) groups excluding carboxylic acids is 1. The molecule has 9 heteroatoms. The number of methoxy groups -OCH3 is 1. The third-order valence-electron chi connectivity index (χ3n) is 5.98. The molecule has 4 aromatic rings. The molecule has 0 aliphatic rings. The second-order valence-corrected chi connectivity index (χ2v) is 9.53. The van der Waals surface area contributed by atoms with Crippen LogP contribution in [0.15, 0.2) is 58.5 Å². The average Bonchev–Trinajstić information content (AvgIpc) is 3.29. The number of carbonyl (C=O) groups is 1. The molecule has 0 aliphatic carbocycles. The molecule has 0 radical (unpaired) electrons. The van der Waals surface area contributed by atoms with Crippen LogP contribution in [0.5, 0.6) is 5.75 Å². The van der Waals surface area contributed by atoms with Crippen LogP contribution in [0.25, 0.3) is 16.7 Å². The summed E-state index contributed by atoms with van der Waals surface area (Å²) in [7, 11) is 1.61. The Hall–Kier alpha value is -3.33. The Kier molecular flexibility index (Phi) is 8.07. The average molecular weight is 494 g/mol. The molecule has 0 saturated heterocycles. The number of rotatable bonds is 11. The van der Waals surface area contributed by atoms with Gasteiger partial charge in [-0.15, -0.1) is 10.2 Å². The maximum Gasteiger partial charge on any atom is 0.263 e. The molecule has 1 amide bonds. The van der Waals surface area contributed by atoms with Gasteiger partial charge in [0, 0.05) is 11.6 Å². The van der Waals surface area contributed by atoms with E-state index in [2.05, 4.69) is 22.4 Å². The van der Waals surface area contributed by atoms with Gasteiger partial charge < -0.3 is 10.1 Å². The summed E-state index contributed by atoms with van der Waals surface area (Å²) in [5.74, 6) is 1.31. The highest BCUT2D eigenvalue weighted by Crippen LogP contribution is 2.24. The molecule has 2 aromatic heterocycles. The maximum atomic E-state index is 13.4. The number of ether oxygens (including phenoxy) is 1. The summed E-state index contributed by atoms with van der Waals surface area (Å²) in [5, 5.41) is 12.9. The molecule has 0 saturated carbocycles. The van der Waals surface area contributed by atoms with Gasteiger partial charge in [0.05, 0.1) is 30.3 Å². The summed E-state index contributed by atoms with van der Waals surface area (Å²) < 4.78 is 8.94. The Balaban J connectivity index is 1.64. The minimum Gasteiger partial charge on any atom is -0.496 e. The van der Waals surface area contributed by atoms with Crippen LogP contribution in [0.2, 0.25) is 0 Å². The molecule has 1 N–H and O–H groups in total. The second kappa shape index (κ2) is 11.4. The lowest BCUT2D eigenvalue weighted by Crippen LogP contribution is -2.33. The number of hydrogen-bond acceptors (Lipinski definition) is 6. The molecule has 2 aromatic carbocycles. The van der Waals surface area contributed by atoms with Gasteiger partial charge in [0.1, 0.15) is 5.75 Å². The molecule has 35 heavy (non-hydrogen) atoms. The van der Waals surface area contributed by atoms with Crippen molar-refractivity contribution >= 4 is 34.3 Å². The maximum absolute atomic E-state index is 13.4. The smallest absolute Gasteiger partial charge is 0.263 e. The van der Waals surface area contributed by atoms with E-state index in [9.17, 15) is 9.59 Å². The highest BCUT2D eigenvalue weighted by molar-refractivity contribution is 7.99. The monoisotopic (exact) mass is 493 g/mol. The first-order valence-corrected chi connectivity index (χ1v) is 12.9. The van der Waals surface area contributed by atoms with Gasteiger partial charge in [-0.2, -0.15) is 0 Å². The van der Waals surface area contributed by atoms with Crippen LogP contribution in [-0.2, 0) is 11.3 Å². The van der Waals surface area contributed by atoms with E-state index in [1.54, 1.807) is 17.7 Å². The number of unbranched alkanes of at least 4 members (excludes halogenated alkanes) is 2. The number of benzene rings is 2. The van der Waals surface area contributed by atoms with Gasteiger partial charge in [-0.25, -0.2) is 0 Å². The Morgan fingerprint density at radius 3 is 2.69 bits per heavy atom. The van der Waals surface area contributed by atoms with Gasteiger partial charge in [-0.3, -0.25) is 18.6 Å². The van der Waals surface area contributed by atoms with Crippen molar-refractivity contribution in [3.63, 3.8) is 0 Å².